The van der Waals surface area contributed by atoms with Crippen LogP contribution >= 0.6 is 0 Å². The second kappa shape index (κ2) is 12.6. The van der Waals surface area contributed by atoms with E-state index in [0.29, 0.717) is 25.7 Å². The number of ether oxygens (including phenoxy) is 2. The van der Waals surface area contributed by atoms with Crippen LogP contribution in [0.3, 0.4) is 0 Å². The summed E-state index contributed by atoms with van der Waals surface area (Å²) in [7, 11) is 0. The van der Waals surface area contributed by atoms with Gasteiger partial charge in [0.2, 0.25) is 0 Å². The predicted octanol–water partition coefficient (Wildman–Crippen LogP) is 3.34. The molecule has 0 aromatic rings. The van der Waals surface area contributed by atoms with Crippen molar-refractivity contribution in [2.45, 2.75) is 161 Å². The summed E-state index contributed by atoms with van der Waals surface area (Å²) >= 11 is 0. The van der Waals surface area contributed by atoms with Gasteiger partial charge >= 0.3 is 0 Å². The van der Waals surface area contributed by atoms with Gasteiger partial charge in [-0.05, 0) is 117 Å². The normalized spacial score (nSPS) is 51.4. The average Bonchev–Trinajstić information content (AvgIpc) is 3.35. The van der Waals surface area contributed by atoms with E-state index < -0.39 is 66.5 Å². The van der Waals surface area contributed by atoms with E-state index in [4.69, 9.17) is 9.47 Å². The molecule has 5 aliphatic rings. The van der Waals surface area contributed by atoms with Crippen LogP contribution in [0.1, 0.15) is 107 Å². The largest absolute Gasteiger partial charge is 0.394 e. The zero-order valence-corrected chi connectivity index (χ0v) is 29.5. The molecule has 0 radical (unpaired) electrons. The Morgan fingerprint density at radius 2 is 1.52 bits per heavy atom. The monoisotopic (exact) mass is 652 g/mol. The molecule has 4 saturated carbocycles. The van der Waals surface area contributed by atoms with Gasteiger partial charge in [-0.15, -0.1) is 0 Å². The highest BCUT2D eigenvalue weighted by Gasteiger charge is 2.73. The van der Waals surface area contributed by atoms with Gasteiger partial charge in [0.15, 0.2) is 0 Å². The first-order chi connectivity index (χ1) is 21.3. The summed E-state index contributed by atoms with van der Waals surface area (Å²) in [6.45, 7) is 16.9. The van der Waals surface area contributed by atoms with Crippen LogP contribution in [0.25, 0.3) is 0 Å². The molecule has 1 heterocycles. The van der Waals surface area contributed by atoms with E-state index in [9.17, 15) is 35.7 Å². The molecule has 0 aromatic carbocycles. The van der Waals surface area contributed by atoms with Gasteiger partial charge in [0.25, 0.3) is 0 Å². The van der Waals surface area contributed by atoms with Gasteiger partial charge in [-0.2, -0.15) is 0 Å². The number of aliphatic hydroxyl groups is 7. The Labute approximate surface area is 276 Å². The first-order valence-corrected chi connectivity index (χ1v) is 17.9. The summed E-state index contributed by atoms with van der Waals surface area (Å²) in [5.41, 5.74) is -0.620. The lowest BCUT2D eigenvalue weighted by molar-refractivity contribution is -0.278. The molecule has 266 valence electrons. The number of rotatable bonds is 8. The van der Waals surface area contributed by atoms with E-state index in [1.54, 1.807) is 0 Å². The second-order valence-electron chi connectivity index (χ2n) is 17.8. The highest BCUT2D eigenvalue weighted by atomic mass is 16.6. The molecule has 0 aromatic heterocycles. The minimum Gasteiger partial charge on any atom is -0.394 e. The molecule has 1 aliphatic heterocycles. The molecule has 46 heavy (non-hydrogen) atoms. The Hall–Kier alpha value is -0.620. The number of hydrogen-bond acceptors (Lipinski definition) is 9. The maximum Gasteiger partial charge on any atom is 0.111 e. The van der Waals surface area contributed by atoms with Crippen molar-refractivity contribution < 1.29 is 45.2 Å². The second-order valence-corrected chi connectivity index (χ2v) is 17.8. The number of aliphatic hydroxyl groups excluding tert-OH is 7. The Morgan fingerprint density at radius 3 is 2.15 bits per heavy atom. The predicted molar refractivity (Wildman–Crippen MR) is 175 cm³/mol. The smallest absolute Gasteiger partial charge is 0.111 e. The Balaban J connectivity index is 1.46. The van der Waals surface area contributed by atoms with E-state index in [-0.39, 0.29) is 46.5 Å². The quantitative estimate of drug-likeness (QED) is 0.195. The Kier molecular flexibility index (Phi) is 10.0. The Bertz CT molecular complexity index is 1120. The highest BCUT2D eigenvalue weighted by Crippen LogP contribution is 2.76. The van der Waals surface area contributed by atoms with Crippen LogP contribution in [0.15, 0.2) is 11.6 Å². The SMILES string of the molecule is CC(C)=CCC[C@](C)(OCC1OC(CO)C(O)C(O)C1O)C1CC[C@]2(C)C1C(O)CC1C3(C)CCC(O)C(C)(C)C3[C@@H](O)CC12C. The third kappa shape index (κ3) is 5.56. The van der Waals surface area contributed by atoms with E-state index in [1.807, 2.05) is 0 Å². The van der Waals surface area contributed by atoms with Crippen LogP contribution in [0.4, 0.5) is 0 Å². The molecule has 9 heteroatoms. The number of fused-ring (bicyclic) bond motifs is 5. The lowest BCUT2D eigenvalue weighted by Gasteiger charge is -2.71. The molecule has 9 nitrogen and oxygen atoms in total. The van der Waals surface area contributed by atoms with E-state index >= 15 is 0 Å². The molecular weight excluding hydrogens is 588 g/mol. The molecule has 4 aliphatic carbocycles. The number of hydrogen-bond donors (Lipinski definition) is 7. The van der Waals surface area contributed by atoms with Gasteiger partial charge in [-0.1, -0.05) is 46.3 Å². The van der Waals surface area contributed by atoms with Crippen LogP contribution in [0, 0.1) is 45.3 Å². The standard InChI is InChI=1S/C37H64O9/c1-20(2)10-9-13-37(8,45-19-25-30(43)31(44)29(42)24(18-38)46-25)21-11-15-35(6)28(21)22(39)16-26-34(5)14-12-27(41)33(3,4)32(34)23(40)17-36(26,35)7/h10,21-32,38-44H,9,11-19H2,1-8H3/t21?,22?,23-,24?,25?,26?,27?,28?,29?,30?,31?,32?,34?,35+,36?,37-/m0/s1. The lowest BCUT2D eigenvalue weighted by Crippen LogP contribution is -2.69. The van der Waals surface area contributed by atoms with Crippen molar-refractivity contribution in [2.75, 3.05) is 13.2 Å². The van der Waals surface area contributed by atoms with Crippen molar-refractivity contribution >= 4 is 0 Å². The fraction of sp³-hybridized carbons (Fsp3) is 0.946. The minimum absolute atomic E-state index is 0.00647. The van der Waals surface area contributed by atoms with Gasteiger partial charge in [0.1, 0.15) is 30.5 Å². The van der Waals surface area contributed by atoms with Crippen molar-refractivity contribution in [3.8, 4) is 0 Å². The summed E-state index contributed by atoms with van der Waals surface area (Å²) in [4.78, 5) is 0. The van der Waals surface area contributed by atoms with Crippen molar-refractivity contribution in [1.82, 2.24) is 0 Å². The summed E-state index contributed by atoms with van der Waals surface area (Å²) in [5, 5.41) is 76.5. The van der Waals surface area contributed by atoms with Gasteiger partial charge in [0.05, 0.1) is 37.1 Å². The van der Waals surface area contributed by atoms with E-state index in [0.717, 1.165) is 25.7 Å². The topological polar surface area (TPSA) is 160 Å². The van der Waals surface area contributed by atoms with Gasteiger partial charge in [-0.25, -0.2) is 0 Å². The van der Waals surface area contributed by atoms with Crippen molar-refractivity contribution in [1.29, 1.82) is 0 Å². The molecule has 16 atom stereocenters. The summed E-state index contributed by atoms with van der Waals surface area (Å²) in [6.07, 6.45) is 0.476. The summed E-state index contributed by atoms with van der Waals surface area (Å²) < 4.78 is 12.6. The molecule has 7 N–H and O–H groups in total. The maximum atomic E-state index is 12.3. The van der Waals surface area contributed by atoms with Crippen molar-refractivity contribution in [3.63, 3.8) is 0 Å². The van der Waals surface area contributed by atoms with Crippen LogP contribution < -0.4 is 0 Å². The van der Waals surface area contributed by atoms with Gasteiger partial charge in [0, 0.05) is 0 Å². The van der Waals surface area contributed by atoms with Gasteiger partial charge in [-0.3, -0.25) is 0 Å². The maximum absolute atomic E-state index is 12.3. The summed E-state index contributed by atoms with van der Waals surface area (Å²) in [5.74, 6) is 0.0625. The first-order valence-electron chi connectivity index (χ1n) is 17.9. The van der Waals surface area contributed by atoms with Crippen LogP contribution in [0.5, 0.6) is 0 Å². The zero-order chi connectivity index (χ0) is 34.2. The van der Waals surface area contributed by atoms with Crippen LogP contribution in [0.2, 0.25) is 0 Å². The average molecular weight is 653 g/mol. The minimum atomic E-state index is -1.46. The Morgan fingerprint density at radius 1 is 0.870 bits per heavy atom. The summed E-state index contributed by atoms with van der Waals surface area (Å²) in [6, 6.07) is 0. The van der Waals surface area contributed by atoms with Crippen molar-refractivity contribution in [2.24, 2.45) is 45.3 Å². The molecule has 0 bridgehead atoms. The van der Waals surface area contributed by atoms with Crippen LogP contribution in [-0.2, 0) is 9.47 Å². The molecule has 5 rings (SSSR count). The zero-order valence-electron chi connectivity index (χ0n) is 29.5. The van der Waals surface area contributed by atoms with Crippen molar-refractivity contribution in [3.05, 3.63) is 11.6 Å². The van der Waals surface area contributed by atoms with Gasteiger partial charge < -0.3 is 45.2 Å². The fourth-order valence-electron chi connectivity index (χ4n) is 12.2. The lowest BCUT2D eigenvalue weighted by atomic mass is 9.34. The third-order valence-electron chi connectivity index (χ3n) is 14.8. The van der Waals surface area contributed by atoms with E-state index in [1.165, 1.54) is 5.57 Å². The molecule has 1 saturated heterocycles. The molecule has 0 amide bonds. The highest BCUT2D eigenvalue weighted by molar-refractivity contribution is 5.21. The molecule has 0 spiro atoms. The first kappa shape index (κ1) is 36.7. The van der Waals surface area contributed by atoms with E-state index in [2.05, 4.69) is 61.5 Å². The molecule has 5 fully saturated rings. The molecule has 13 unspecified atom stereocenters. The molecular formula is C37H64O9. The van der Waals surface area contributed by atoms with Crippen LogP contribution in [-0.4, -0.2) is 103 Å². The third-order valence-corrected chi connectivity index (χ3v) is 14.8. The fourth-order valence-corrected chi connectivity index (χ4v) is 12.2. The number of allylic oxidation sites excluding steroid dienone is 2.